The predicted octanol–water partition coefficient (Wildman–Crippen LogP) is 12.2. The van der Waals surface area contributed by atoms with Crippen molar-refractivity contribution >= 4 is 29.3 Å². The molecular formula is C53H50F6N4O6. The Bertz CT molecular complexity index is 2840. The average molecular weight is 953 g/mol. The second kappa shape index (κ2) is 20.5. The van der Waals surface area contributed by atoms with Gasteiger partial charge >= 0.3 is 18.4 Å². The van der Waals surface area contributed by atoms with Gasteiger partial charge in [-0.3, -0.25) is 9.59 Å². The lowest BCUT2D eigenvalue weighted by Gasteiger charge is -2.31. The zero-order valence-electron chi connectivity index (χ0n) is 38.5. The number of hydrogen-bond acceptors (Lipinski definition) is 7. The van der Waals surface area contributed by atoms with Crippen LogP contribution >= 0.6 is 0 Å². The molecule has 0 spiro atoms. The van der Waals surface area contributed by atoms with Gasteiger partial charge in [-0.2, -0.15) is 26.3 Å². The number of alkyl halides is 6. The predicted molar refractivity (Wildman–Crippen MR) is 251 cm³/mol. The lowest BCUT2D eigenvalue weighted by Crippen LogP contribution is -2.39. The monoisotopic (exact) mass is 952 g/mol. The van der Waals surface area contributed by atoms with E-state index in [9.17, 15) is 40.7 Å². The van der Waals surface area contributed by atoms with E-state index in [1.54, 1.807) is 47.4 Å². The Morgan fingerprint density at radius 2 is 1.04 bits per heavy atom. The Balaban J connectivity index is 0.000000208. The molecule has 69 heavy (non-hydrogen) atoms. The number of fused-ring (bicyclic) bond motifs is 2. The number of ether oxygens (including phenoxy) is 3. The van der Waals surface area contributed by atoms with E-state index in [1.807, 2.05) is 51.1 Å². The van der Waals surface area contributed by atoms with Crippen LogP contribution < -0.4 is 25.4 Å². The highest BCUT2D eigenvalue weighted by molar-refractivity contribution is 6.10. The summed E-state index contributed by atoms with van der Waals surface area (Å²) in [5, 5.41) is 9.11. The maximum absolute atomic E-state index is 13.3. The molecule has 0 saturated carbocycles. The minimum Gasteiger partial charge on any atom is -0.496 e. The van der Waals surface area contributed by atoms with Crippen LogP contribution in [0.3, 0.4) is 0 Å². The largest absolute Gasteiger partial charge is 0.496 e. The van der Waals surface area contributed by atoms with Crippen LogP contribution in [0.1, 0.15) is 74.9 Å². The molecule has 2 aliphatic rings. The Kier molecular flexibility index (Phi) is 14.7. The number of carbonyl (C=O) groups excluding carboxylic acids is 3. The molecule has 16 heteroatoms. The van der Waals surface area contributed by atoms with Gasteiger partial charge < -0.3 is 35.1 Å². The van der Waals surface area contributed by atoms with E-state index < -0.39 is 35.0 Å². The molecular weight excluding hydrogens is 903 g/mol. The molecule has 0 aliphatic carbocycles. The highest BCUT2D eigenvalue weighted by atomic mass is 19.4. The minimum absolute atomic E-state index is 0.262. The molecule has 0 unspecified atom stereocenters. The second-order valence-corrected chi connectivity index (χ2v) is 17.4. The Morgan fingerprint density at radius 3 is 1.49 bits per heavy atom. The fourth-order valence-electron chi connectivity index (χ4n) is 8.09. The summed E-state index contributed by atoms with van der Waals surface area (Å²) in [6.07, 6.45) is -7.77. The maximum Gasteiger partial charge on any atom is 0.416 e. The van der Waals surface area contributed by atoms with Crippen molar-refractivity contribution in [2.75, 3.05) is 37.9 Å². The first-order valence-electron chi connectivity index (χ1n) is 22.0. The van der Waals surface area contributed by atoms with Crippen LogP contribution in [0.25, 0.3) is 22.3 Å². The maximum atomic E-state index is 13.3. The van der Waals surface area contributed by atoms with Crippen LogP contribution in [-0.4, -0.2) is 55.7 Å². The lowest BCUT2D eigenvalue weighted by atomic mass is 9.96. The van der Waals surface area contributed by atoms with Gasteiger partial charge in [0.05, 0.1) is 36.5 Å². The van der Waals surface area contributed by atoms with Crippen LogP contribution in [0.5, 0.6) is 11.5 Å². The first-order chi connectivity index (χ1) is 32.7. The van der Waals surface area contributed by atoms with Gasteiger partial charge in [0.25, 0.3) is 11.8 Å². The molecule has 10 nitrogen and oxygen atoms in total. The van der Waals surface area contributed by atoms with E-state index in [0.717, 1.165) is 54.9 Å². The van der Waals surface area contributed by atoms with Gasteiger partial charge in [0.1, 0.15) is 17.1 Å². The van der Waals surface area contributed by atoms with E-state index in [4.69, 9.17) is 14.2 Å². The van der Waals surface area contributed by atoms with Crippen molar-refractivity contribution in [2.45, 2.75) is 64.7 Å². The van der Waals surface area contributed by atoms with E-state index in [1.165, 1.54) is 49.6 Å². The van der Waals surface area contributed by atoms with Gasteiger partial charge in [0.15, 0.2) is 0 Å². The van der Waals surface area contributed by atoms with Gasteiger partial charge in [-0.05, 0) is 146 Å². The first-order valence-corrected chi connectivity index (χ1v) is 22.0. The fraction of sp³-hybridized carbons (Fsp3) is 0.264. The quantitative estimate of drug-likeness (QED) is 0.130. The molecule has 0 fully saturated rings. The average Bonchev–Trinajstić information content (AvgIpc) is 3.32. The van der Waals surface area contributed by atoms with Crippen molar-refractivity contribution in [3.8, 4) is 33.8 Å². The summed E-state index contributed by atoms with van der Waals surface area (Å²) >= 11 is 0. The number of anilines is 2. The second-order valence-electron chi connectivity index (χ2n) is 17.4. The molecule has 3 amide bonds. The third-order valence-electron chi connectivity index (χ3n) is 11.5. The molecule has 3 N–H and O–H groups in total. The van der Waals surface area contributed by atoms with E-state index >= 15 is 0 Å². The van der Waals surface area contributed by atoms with E-state index in [0.29, 0.717) is 70.2 Å². The van der Waals surface area contributed by atoms with Crippen LogP contribution in [0.4, 0.5) is 42.5 Å². The van der Waals surface area contributed by atoms with Crippen molar-refractivity contribution in [3.63, 3.8) is 0 Å². The number of nitrogens with zero attached hydrogens (tertiary/aromatic N) is 1. The zero-order valence-corrected chi connectivity index (χ0v) is 38.5. The molecule has 360 valence electrons. The number of amides is 3. The molecule has 0 bridgehead atoms. The SMILES string of the molecule is COc1cccc(C(=O)Nc2ccc3c(c2)CCN(C(=O)OC(C)(C)C)C3)c1-c1ccc(C(F)(F)F)cc1.COc1cccc(C(=O)Nc2ccc3c(c2)CCNC3)c1-c1ccc(C(F)(F)F)cc1. The van der Waals surface area contributed by atoms with Crippen LogP contribution in [0.2, 0.25) is 0 Å². The van der Waals surface area contributed by atoms with Gasteiger partial charge in [0.2, 0.25) is 0 Å². The standard InChI is InChI=1S/C29H29F3N2O4.C24H21F3N2O2/c1-28(2,3)38-27(36)34-15-14-19-16-22(13-10-20(19)17-34)33-26(35)23-6-5-7-24(37-4)25(23)18-8-11-21(12-9-18)29(30,31)32;1-31-21-4-2-3-20(22(21)15-5-8-18(9-6-15)24(25,26)27)23(30)29-19-10-7-17-14-28-12-11-16(17)13-19/h5-13,16H,14-15,17H2,1-4H3,(H,33,35);2-10,13,28H,11-12,14H2,1H3,(H,29,30). The van der Waals surface area contributed by atoms with Crippen LogP contribution in [0.15, 0.2) is 121 Å². The number of hydrogen-bond donors (Lipinski definition) is 3. The van der Waals surface area contributed by atoms with Crippen LogP contribution in [-0.2, 0) is 43.0 Å². The molecule has 0 atom stereocenters. The molecule has 8 rings (SSSR count). The summed E-state index contributed by atoms with van der Waals surface area (Å²) < 4.78 is 94.3. The summed E-state index contributed by atoms with van der Waals surface area (Å²) in [4.78, 5) is 40.5. The minimum atomic E-state index is -4.46. The van der Waals surface area contributed by atoms with Gasteiger partial charge in [-0.1, -0.05) is 48.5 Å². The third-order valence-corrected chi connectivity index (χ3v) is 11.5. The fourth-order valence-corrected chi connectivity index (χ4v) is 8.09. The van der Waals surface area contributed by atoms with Crippen molar-refractivity contribution in [3.05, 3.63) is 166 Å². The van der Waals surface area contributed by atoms with Crippen molar-refractivity contribution < 1.29 is 54.9 Å². The Morgan fingerprint density at radius 1 is 0.580 bits per heavy atom. The van der Waals surface area contributed by atoms with Crippen molar-refractivity contribution in [1.29, 1.82) is 0 Å². The highest BCUT2D eigenvalue weighted by Gasteiger charge is 2.32. The Labute approximate surface area is 395 Å². The number of benzene rings is 6. The number of nitrogens with one attached hydrogen (secondary N) is 3. The normalized spacial score (nSPS) is 13.5. The highest BCUT2D eigenvalue weighted by Crippen LogP contribution is 2.39. The summed E-state index contributed by atoms with van der Waals surface area (Å²) in [5.41, 5.74) is 5.81. The molecule has 2 heterocycles. The molecule has 0 radical (unpaired) electrons. The molecule has 6 aromatic rings. The number of halogens is 6. The first kappa shape index (κ1) is 49.6. The number of rotatable bonds is 8. The Hall–Kier alpha value is -7.33. The lowest BCUT2D eigenvalue weighted by molar-refractivity contribution is -0.138. The third kappa shape index (κ3) is 12.0. The van der Waals surface area contributed by atoms with E-state index in [-0.39, 0.29) is 17.6 Å². The summed E-state index contributed by atoms with van der Waals surface area (Å²) in [6.45, 7) is 8.06. The van der Waals surface area contributed by atoms with Gasteiger partial charge in [-0.15, -0.1) is 0 Å². The van der Waals surface area contributed by atoms with Gasteiger partial charge in [0, 0.05) is 42.1 Å². The van der Waals surface area contributed by atoms with Gasteiger partial charge in [-0.25, -0.2) is 4.79 Å². The smallest absolute Gasteiger partial charge is 0.416 e. The van der Waals surface area contributed by atoms with Crippen LogP contribution in [0, 0.1) is 0 Å². The zero-order chi connectivity index (χ0) is 49.7. The van der Waals surface area contributed by atoms with E-state index in [2.05, 4.69) is 16.0 Å². The summed E-state index contributed by atoms with van der Waals surface area (Å²) in [7, 11) is 2.90. The van der Waals surface area contributed by atoms with Crippen molar-refractivity contribution in [2.24, 2.45) is 0 Å². The molecule has 0 saturated heterocycles. The molecule has 0 aromatic heterocycles. The summed E-state index contributed by atoms with van der Waals surface area (Å²) in [6, 6.07) is 30.5. The topological polar surface area (TPSA) is 118 Å². The summed E-state index contributed by atoms with van der Waals surface area (Å²) in [5.74, 6) is -0.0124. The number of carbonyl (C=O) groups is 3. The van der Waals surface area contributed by atoms with Crippen molar-refractivity contribution in [1.82, 2.24) is 10.2 Å². The number of methoxy groups -OCH3 is 2. The molecule has 6 aromatic carbocycles. The molecule has 2 aliphatic heterocycles.